The average molecular weight is 319 g/mol. The molecule has 1 aromatic rings. The van der Waals surface area contributed by atoms with Crippen LogP contribution >= 0.6 is 11.6 Å². The zero-order valence-corrected chi connectivity index (χ0v) is 13.3. The Morgan fingerprint density at radius 3 is 3.00 bits per heavy atom. The molecule has 2 aliphatic rings. The van der Waals surface area contributed by atoms with Crippen molar-refractivity contribution >= 4 is 17.7 Å². The molecule has 0 radical (unpaired) electrons. The summed E-state index contributed by atoms with van der Waals surface area (Å²) in [4.78, 5) is 15.8. The van der Waals surface area contributed by atoms with Crippen LogP contribution in [0.2, 0.25) is 5.02 Å². The van der Waals surface area contributed by atoms with E-state index in [1.807, 2.05) is 24.3 Å². The lowest BCUT2D eigenvalue weighted by molar-refractivity contribution is 0.0702. The Balaban J connectivity index is 1.66. The smallest absolute Gasteiger partial charge is 0.409 e. The second-order valence-electron chi connectivity index (χ2n) is 5.68. The first kappa shape index (κ1) is 15.2. The number of benzene rings is 1. The van der Waals surface area contributed by atoms with E-state index in [-0.39, 0.29) is 12.1 Å². The first-order valence-corrected chi connectivity index (χ1v) is 7.91. The molecule has 1 aromatic carbocycles. The Labute approximate surface area is 136 Å². The van der Waals surface area contributed by atoms with Crippen molar-refractivity contribution in [1.82, 2.24) is 9.80 Å². The van der Waals surface area contributed by atoms with Crippen LogP contribution in [-0.4, -0.2) is 54.7 Å². The fraction of sp³-hybridized carbons (Fsp3) is 0.471. The quantitative estimate of drug-likeness (QED) is 0.689. The maximum Gasteiger partial charge on any atom is 0.409 e. The van der Waals surface area contributed by atoms with Crippen LogP contribution in [0, 0.1) is 11.8 Å². The molecule has 0 spiro atoms. The normalized spacial score (nSPS) is 24.4. The van der Waals surface area contributed by atoms with Gasteiger partial charge in [0.2, 0.25) is 0 Å². The lowest BCUT2D eigenvalue weighted by atomic mass is 10.1. The lowest BCUT2D eigenvalue weighted by Crippen LogP contribution is -2.53. The first-order chi connectivity index (χ1) is 10.7. The van der Waals surface area contributed by atoms with E-state index in [4.69, 9.17) is 16.3 Å². The molecule has 3 rings (SSSR count). The number of hydrogen-bond acceptors (Lipinski definition) is 3. The van der Waals surface area contributed by atoms with Crippen molar-refractivity contribution in [2.75, 3.05) is 26.7 Å². The van der Waals surface area contributed by atoms with Crippen molar-refractivity contribution in [2.45, 2.75) is 24.9 Å². The lowest BCUT2D eigenvalue weighted by Gasteiger charge is -2.38. The number of halogens is 1. The van der Waals surface area contributed by atoms with Gasteiger partial charge in [0.1, 0.15) is 0 Å². The van der Waals surface area contributed by atoms with E-state index < -0.39 is 0 Å². The molecule has 0 N–H and O–H groups in total. The van der Waals surface area contributed by atoms with Crippen LogP contribution in [0.15, 0.2) is 24.3 Å². The number of methoxy groups -OCH3 is 1. The van der Waals surface area contributed by atoms with Crippen LogP contribution < -0.4 is 0 Å². The van der Waals surface area contributed by atoms with E-state index in [0.29, 0.717) is 17.6 Å². The number of fused-ring (bicyclic) bond motifs is 1. The molecule has 2 fully saturated rings. The molecular weight excluding hydrogens is 300 g/mol. The Bertz CT molecular complexity index is 623. The van der Waals surface area contributed by atoms with Crippen molar-refractivity contribution in [3.05, 3.63) is 34.9 Å². The fourth-order valence-electron chi connectivity index (χ4n) is 3.24. The Morgan fingerprint density at radius 2 is 2.23 bits per heavy atom. The SMILES string of the molecule is COC(=O)N1CCN2[C@@H](CC[C@@H]2C#Cc2cccc(Cl)c2)C1. The monoisotopic (exact) mass is 318 g/mol. The molecule has 2 atom stereocenters. The van der Waals surface area contributed by atoms with Crippen molar-refractivity contribution in [1.29, 1.82) is 0 Å². The summed E-state index contributed by atoms with van der Waals surface area (Å²) in [7, 11) is 1.43. The summed E-state index contributed by atoms with van der Waals surface area (Å²) >= 11 is 5.98. The van der Waals surface area contributed by atoms with Gasteiger partial charge in [0, 0.05) is 36.3 Å². The number of carbonyl (C=O) groups excluding carboxylic acids is 1. The molecule has 0 unspecified atom stereocenters. The third-order valence-electron chi connectivity index (χ3n) is 4.34. The molecule has 2 saturated heterocycles. The van der Waals surface area contributed by atoms with Gasteiger partial charge in [0.25, 0.3) is 0 Å². The summed E-state index contributed by atoms with van der Waals surface area (Å²) in [5, 5.41) is 0.711. The van der Waals surface area contributed by atoms with Gasteiger partial charge in [0.05, 0.1) is 13.2 Å². The van der Waals surface area contributed by atoms with Crippen LogP contribution in [0.3, 0.4) is 0 Å². The zero-order chi connectivity index (χ0) is 15.5. The third kappa shape index (κ3) is 3.21. The maximum atomic E-state index is 11.6. The van der Waals surface area contributed by atoms with Gasteiger partial charge in [-0.15, -0.1) is 0 Å². The predicted molar refractivity (Wildman–Crippen MR) is 85.8 cm³/mol. The zero-order valence-electron chi connectivity index (χ0n) is 12.6. The molecule has 1 amide bonds. The Morgan fingerprint density at radius 1 is 1.36 bits per heavy atom. The molecule has 2 aliphatic heterocycles. The van der Waals surface area contributed by atoms with E-state index in [0.717, 1.165) is 31.5 Å². The summed E-state index contributed by atoms with van der Waals surface area (Å²) < 4.78 is 4.81. The Kier molecular flexibility index (Phi) is 4.56. The second kappa shape index (κ2) is 6.60. The highest BCUT2D eigenvalue weighted by Gasteiger charge is 2.38. The highest BCUT2D eigenvalue weighted by Crippen LogP contribution is 2.27. The molecule has 22 heavy (non-hydrogen) atoms. The summed E-state index contributed by atoms with van der Waals surface area (Å²) in [6.45, 7) is 2.30. The van der Waals surface area contributed by atoms with Crippen molar-refractivity contribution < 1.29 is 9.53 Å². The number of piperazine rings is 1. The number of carbonyl (C=O) groups is 1. The Hall–Kier alpha value is -1.70. The van der Waals surface area contributed by atoms with E-state index in [1.54, 1.807) is 4.90 Å². The number of rotatable bonds is 0. The molecule has 2 heterocycles. The van der Waals surface area contributed by atoms with Gasteiger partial charge < -0.3 is 9.64 Å². The van der Waals surface area contributed by atoms with Crippen LogP contribution in [0.25, 0.3) is 0 Å². The molecule has 116 valence electrons. The molecule has 0 aromatic heterocycles. The minimum Gasteiger partial charge on any atom is -0.453 e. The highest BCUT2D eigenvalue weighted by atomic mass is 35.5. The summed E-state index contributed by atoms with van der Waals surface area (Å²) in [5.41, 5.74) is 0.948. The van der Waals surface area contributed by atoms with Gasteiger partial charge in [-0.3, -0.25) is 4.90 Å². The van der Waals surface area contributed by atoms with Crippen LogP contribution in [0.5, 0.6) is 0 Å². The number of ether oxygens (including phenoxy) is 1. The van der Waals surface area contributed by atoms with Gasteiger partial charge in [-0.1, -0.05) is 29.5 Å². The topological polar surface area (TPSA) is 32.8 Å². The van der Waals surface area contributed by atoms with Crippen molar-refractivity contribution in [3.63, 3.8) is 0 Å². The number of hydrogen-bond donors (Lipinski definition) is 0. The summed E-state index contributed by atoms with van der Waals surface area (Å²) in [6.07, 6.45) is 1.89. The van der Waals surface area contributed by atoms with Crippen molar-refractivity contribution in [2.24, 2.45) is 0 Å². The summed E-state index contributed by atoms with van der Waals surface area (Å²) in [5.74, 6) is 6.59. The minimum absolute atomic E-state index is 0.229. The molecule has 0 bridgehead atoms. The van der Waals surface area contributed by atoms with Crippen LogP contribution in [0.1, 0.15) is 18.4 Å². The molecule has 0 aliphatic carbocycles. The average Bonchev–Trinajstić information content (AvgIpc) is 2.94. The van der Waals surface area contributed by atoms with Crippen LogP contribution in [-0.2, 0) is 4.74 Å². The number of nitrogens with zero attached hydrogens (tertiary/aromatic N) is 2. The minimum atomic E-state index is -0.229. The fourth-order valence-corrected chi connectivity index (χ4v) is 3.43. The van der Waals surface area contributed by atoms with Gasteiger partial charge >= 0.3 is 6.09 Å². The van der Waals surface area contributed by atoms with E-state index >= 15 is 0 Å². The third-order valence-corrected chi connectivity index (χ3v) is 4.58. The van der Waals surface area contributed by atoms with E-state index in [1.165, 1.54) is 7.11 Å². The van der Waals surface area contributed by atoms with Crippen molar-refractivity contribution in [3.8, 4) is 11.8 Å². The van der Waals surface area contributed by atoms with Gasteiger partial charge in [0.15, 0.2) is 0 Å². The largest absolute Gasteiger partial charge is 0.453 e. The standard InChI is InChI=1S/C17H19ClN2O2/c1-22-17(21)19-9-10-20-15(7-8-16(20)12-19)6-5-13-3-2-4-14(18)11-13/h2-4,11,15-16H,7-10,12H2,1H3/t15-,16-/m0/s1. The summed E-state index contributed by atoms with van der Waals surface area (Å²) in [6, 6.07) is 8.29. The molecule has 0 saturated carbocycles. The van der Waals surface area contributed by atoms with Gasteiger partial charge in [-0.05, 0) is 31.0 Å². The predicted octanol–water partition coefficient (Wildman–Crippen LogP) is 2.61. The molecule has 5 heteroatoms. The molecular formula is C17H19ClN2O2. The number of amides is 1. The van der Waals surface area contributed by atoms with E-state index in [9.17, 15) is 4.79 Å². The van der Waals surface area contributed by atoms with Gasteiger partial charge in [-0.25, -0.2) is 4.79 Å². The highest BCUT2D eigenvalue weighted by molar-refractivity contribution is 6.30. The van der Waals surface area contributed by atoms with E-state index in [2.05, 4.69) is 16.7 Å². The van der Waals surface area contributed by atoms with Crippen LogP contribution in [0.4, 0.5) is 4.79 Å². The van der Waals surface area contributed by atoms with Gasteiger partial charge in [-0.2, -0.15) is 0 Å². The second-order valence-corrected chi connectivity index (χ2v) is 6.12. The maximum absolute atomic E-state index is 11.6. The first-order valence-electron chi connectivity index (χ1n) is 7.53. The molecule has 4 nitrogen and oxygen atoms in total.